The second-order valence-electron chi connectivity index (χ2n) is 9.92. The minimum Gasteiger partial charge on any atom is -0.496 e. The van der Waals surface area contributed by atoms with Crippen LogP contribution in [0.5, 0.6) is 23.0 Å². The predicted octanol–water partition coefficient (Wildman–Crippen LogP) is 7.72. The van der Waals surface area contributed by atoms with E-state index in [-0.39, 0.29) is 5.43 Å². The molecule has 38 heavy (non-hydrogen) atoms. The van der Waals surface area contributed by atoms with Crippen LogP contribution in [0.4, 0.5) is 0 Å². The van der Waals surface area contributed by atoms with Crippen molar-refractivity contribution in [1.82, 2.24) is 0 Å². The van der Waals surface area contributed by atoms with Gasteiger partial charge in [-0.05, 0) is 65.9 Å². The fourth-order valence-electron chi connectivity index (χ4n) is 4.62. The van der Waals surface area contributed by atoms with Gasteiger partial charge in [0.05, 0.1) is 33.8 Å². The summed E-state index contributed by atoms with van der Waals surface area (Å²) < 4.78 is 29.1. The molecule has 3 aromatic rings. The molecule has 0 aliphatic carbocycles. The molecule has 0 aliphatic rings. The average Bonchev–Trinajstić information content (AvgIpc) is 2.88. The van der Waals surface area contributed by atoms with Crippen LogP contribution in [0.15, 0.2) is 56.3 Å². The lowest BCUT2D eigenvalue weighted by atomic mass is 9.92. The van der Waals surface area contributed by atoms with Crippen molar-refractivity contribution < 1.29 is 23.4 Å². The third-order valence-corrected chi connectivity index (χ3v) is 6.61. The van der Waals surface area contributed by atoms with E-state index in [2.05, 4.69) is 39.0 Å². The lowest BCUT2D eigenvalue weighted by Crippen LogP contribution is -2.11. The summed E-state index contributed by atoms with van der Waals surface area (Å²) in [6.07, 6.45) is 9.68. The molecular formula is C32H40O6. The van der Waals surface area contributed by atoms with Crippen molar-refractivity contribution in [3.63, 3.8) is 0 Å². The fraction of sp³-hybridized carbons (Fsp3) is 0.406. The fourth-order valence-corrected chi connectivity index (χ4v) is 4.62. The molecule has 0 N–H and O–H groups in total. The van der Waals surface area contributed by atoms with Crippen molar-refractivity contribution >= 4 is 21.9 Å². The Kier molecular flexibility index (Phi) is 9.67. The third kappa shape index (κ3) is 6.07. The normalized spacial score (nSPS) is 11.4. The van der Waals surface area contributed by atoms with Crippen molar-refractivity contribution in [2.24, 2.45) is 0 Å². The molecule has 0 unspecified atom stereocenters. The molecule has 0 amide bonds. The van der Waals surface area contributed by atoms with E-state index in [9.17, 15) is 4.79 Å². The maximum Gasteiger partial charge on any atom is 0.205 e. The van der Waals surface area contributed by atoms with E-state index in [0.717, 1.165) is 29.5 Å². The van der Waals surface area contributed by atoms with Gasteiger partial charge in [0.25, 0.3) is 0 Å². The third-order valence-electron chi connectivity index (χ3n) is 6.61. The van der Waals surface area contributed by atoms with Crippen molar-refractivity contribution in [3.05, 3.63) is 68.4 Å². The Morgan fingerprint density at radius 1 is 0.763 bits per heavy atom. The Hall–Kier alpha value is -3.67. The Labute approximate surface area is 225 Å². The van der Waals surface area contributed by atoms with E-state index >= 15 is 0 Å². The lowest BCUT2D eigenvalue weighted by Gasteiger charge is -2.19. The first-order valence-electron chi connectivity index (χ1n) is 12.9. The monoisotopic (exact) mass is 520 g/mol. The van der Waals surface area contributed by atoms with Crippen LogP contribution in [0.2, 0.25) is 0 Å². The lowest BCUT2D eigenvalue weighted by molar-refractivity contribution is 0.350. The molecule has 204 valence electrons. The zero-order chi connectivity index (χ0) is 28.0. The van der Waals surface area contributed by atoms with Gasteiger partial charge >= 0.3 is 0 Å². The average molecular weight is 521 g/mol. The van der Waals surface area contributed by atoms with Gasteiger partial charge in [0.15, 0.2) is 11.3 Å². The highest BCUT2D eigenvalue weighted by molar-refractivity contribution is 5.99. The van der Waals surface area contributed by atoms with Gasteiger partial charge in [0, 0.05) is 17.7 Å². The number of methoxy groups -OCH3 is 4. The summed E-state index contributed by atoms with van der Waals surface area (Å²) in [5.74, 6) is 1.89. The number of benzene rings is 2. The van der Waals surface area contributed by atoms with Crippen LogP contribution in [0.1, 0.15) is 58.6 Å². The molecule has 0 saturated heterocycles. The van der Waals surface area contributed by atoms with E-state index in [1.165, 1.54) is 18.3 Å². The first-order valence-corrected chi connectivity index (χ1v) is 12.9. The zero-order valence-electron chi connectivity index (χ0n) is 24.2. The summed E-state index contributed by atoms with van der Waals surface area (Å²) in [5.41, 5.74) is 6.04. The van der Waals surface area contributed by atoms with Crippen LogP contribution in [0.25, 0.3) is 21.9 Å². The molecule has 6 nitrogen and oxygen atoms in total. The standard InChI is InChI=1S/C32H40O6/c1-19(2)11-10-12-21(5)14-16-24-23(15-13-20(3)4)27-29(33)28-25(35-7)17-22(34-6)18-26(28)38-31(27)32(37-9)30(24)36-8/h11,13-14,17-18H,10,12,15-16H2,1-9H3. The molecule has 3 rings (SSSR count). The Morgan fingerprint density at radius 2 is 1.42 bits per heavy atom. The second kappa shape index (κ2) is 12.7. The van der Waals surface area contributed by atoms with E-state index in [0.29, 0.717) is 57.8 Å². The summed E-state index contributed by atoms with van der Waals surface area (Å²) in [4.78, 5) is 14.2. The first kappa shape index (κ1) is 28.9. The number of fused-ring (bicyclic) bond motifs is 2. The Bertz CT molecular complexity index is 1460. The van der Waals surface area contributed by atoms with Crippen LogP contribution < -0.4 is 24.4 Å². The highest BCUT2D eigenvalue weighted by atomic mass is 16.5. The topological polar surface area (TPSA) is 67.1 Å². The van der Waals surface area contributed by atoms with Crippen molar-refractivity contribution in [1.29, 1.82) is 0 Å². The van der Waals surface area contributed by atoms with Gasteiger partial charge in [0.1, 0.15) is 22.5 Å². The van der Waals surface area contributed by atoms with Crippen LogP contribution in [-0.2, 0) is 12.8 Å². The van der Waals surface area contributed by atoms with Crippen molar-refractivity contribution in [2.75, 3.05) is 28.4 Å². The minimum atomic E-state index is -0.177. The number of rotatable bonds is 11. The molecule has 0 atom stereocenters. The predicted molar refractivity (Wildman–Crippen MR) is 155 cm³/mol. The molecule has 2 aromatic carbocycles. The van der Waals surface area contributed by atoms with Gasteiger partial charge in [-0.15, -0.1) is 0 Å². The maximum atomic E-state index is 14.2. The molecule has 0 spiro atoms. The maximum absolute atomic E-state index is 14.2. The van der Waals surface area contributed by atoms with E-state index in [1.807, 2.05) is 13.8 Å². The molecule has 1 aromatic heterocycles. The molecule has 0 bridgehead atoms. The van der Waals surface area contributed by atoms with E-state index in [1.54, 1.807) is 33.5 Å². The number of allylic oxidation sites excluding steroid dienone is 6. The summed E-state index contributed by atoms with van der Waals surface area (Å²) in [7, 11) is 6.27. The smallest absolute Gasteiger partial charge is 0.205 e. The van der Waals surface area contributed by atoms with Crippen LogP contribution >= 0.6 is 0 Å². The Balaban J connectivity index is 2.41. The number of ether oxygens (including phenoxy) is 4. The van der Waals surface area contributed by atoms with Crippen molar-refractivity contribution in [3.8, 4) is 23.0 Å². The van der Waals surface area contributed by atoms with Gasteiger partial charge < -0.3 is 23.4 Å². The van der Waals surface area contributed by atoms with E-state index < -0.39 is 0 Å². The molecule has 0 saturated carbocycles. The van der Waals surface area contributed by atoms with Crippen LogP contribution in [-0.4, -0.2) is 28.4 Å². The van der Waals surface area contributed by atoms with Gasteiger partial charge in [-0.3, -0.25) is 4.79 Å². The molecule has 0 aliphatic heterocycles. The van der Waals surface area contributed by atoms with Gasteiger partial charge in [0.2, 0.25) is 11.2 Å². The van der Waals surface area contributed by atoms with Gasteiger partial charge in [-0.1, -0.05) is 34.9 Å². The Morgan fingerprint density at radius 3 is 2.00 bits per heavy atom. The summed E-state index contributed by atoms with van der Waals surface area (Å²) in [6.45, 7) is 10.5. The molecule has 6 heteroatoms. The first-order chi connectivity index (χ1) is 18.2. The second-order valence-corrected chi connectivity index (χ2v) is 9.92. The molecule has 0 fully saturated rings. The highest BCUT2D eigenvalue weighted by Crippen LogP contribution is 2.44. The molecule has 1 heterocycles. The summed E-state index contributed by atoms with van der Waals surface area (Å²) >= 11 is 0. The number of hydrogen-bond acceptors (Lipinski definition) is 6. The largest absolute Gasteiger partial charge is 0.496 e. The molecule has 0 radical (unpaired) electrons. The van der Waals surface area contributed by atoms with Crippen molar-refractivity contribution in [2.45, 2.75) is 60.3 Å². The SMILES string of the molecule is COc1cc(OC)c2c(=O)c3c(CC=C(C)C)c(CC=C(C)CCC=C(C)C)c(OC)c(OC)c3oc2c1. The zero-order valence-corrected chi connectivity index (χ0v) is 24.2. The minimum absolute atomic E-state index is 0.177. The summed E-state index contributed by atoms with van der Waals surface area (Å²) in [5, 5.41) is 0.840. The number of hydrogen-bond donors (Lipinski definition) is 0. The quantitative estimate of drug-likeness (QED) is 0.190. The van der Waals surface area contributed by atoms with E-state index in [4.69, 9.17) is 23.4 Å². The van der Waals surface area contributed by atoms with Crippen LogP contribution in [0.3, 0.4) is 0 Å². The van der Waals surface area contributed by atoms with Gasteiger partial charge in [-0.25, -0.2) is 0 Å². The highest BCUT2D eigenvalue weighted by Gasteiger charge is 2.26. The van der Waals surface area contributed by atoms with Gasteiger partial charge in [-0.2, -0.15) is 0 Å². The summed E-state index contributed by atoms with van der Waals surface area (Å²) in [6, 6.07) is 3.38. The molecular weight excluding hydrogens is 480 g/mol. The van der Waals surface area contributed by atoms with Crippen LogP contribution in [0, 0.1) is 0 Å².